The third-order valence-electron chi connectivity index (χ3n) is 2.74. The number of rotatable bonds is 4. The minimum Gasteiger partial charge on any atom is -0.308 e. The molecular formula is C15H23F2N. The second-order valence-electron chi connectivity index (χ2n) is 6.71. The van der Waals surface area contributed by atoms with E-state index in [2.05, 4.69) is 39.9 Å². The summed E-state index contributed by atoms with van der Waals surface area (Å²) in [5.41, 5.74) is 0.450. The highest BCUT2D eigenvalue weighted by Crippen LogP contribution is 2.27. The van der Waals surface area contributed by atoms with Crippen LogP contribution in [0.2, 0.25) is 0 Å². The molecule has 0 heterocycles. The van der Waals surface area contributed by atoms with Crippen LogP contribution in [0.1, 0.15) is 46.6 Å². The molecule has 0 amide bonds. The van der Waals surface area contributed by atoms with Crippen LogP contribution in [0.5, 0.6) is 0 Å². The maximum atomic E-state index is 13.5. The Labute approximate surface area is 109 Å². The van der Waals surface area contributed by atoms with Crippen molar-refractivity contribution in [2.45, 2.75) is 53.1 Å². The largest absolute Gasteiger partial charge is 0.308 e. The zero-order valence-corrected chi connectivity index (χ0v) is 11.9. The molecule has 0 saturated heterocycles. The Hall–Kier alpha value is -0.960. The maximum Gasteiger partial charge on any atom is 0.127 e. The number of hydrogen-bond donors (Lipinski definition) is 1. The quantitative estimate of drug-likeness (QED) is 0.847. The van der Waals surface area contributed by atoms with E-state index in [9.17, 15) is 8.78 Å². The van der Waals surface area contributed by atoms with Crippen molar-refractivity contribution < 1.29 is 8.78 Å². The van der Waals surface area contributed by atoms with E-state index in [0.29, 0.717) is 12.1 Å². The molecule has 0 atom stereocenters. The molecule has 0 saturated carbocycles. The molecule has 18 heavy (non-hydrogen) atoms. The van der Waals surface area contributed by atoms with Crippen LogP contribution in [-0.2, 0) is 6.54 Å². The number of benzene rings is 1. The van der Waals surface area contributed by atoms with Crippen molar-refractivity contribution in [3.63, 3.8) is 0 Å². The molecule has 0 aromatic heterocycles. The van der Waals surface area contributed by atoms with Gasteiger partial charge in [0.05, 0.1) is 0 Å². The molecule has 1 rings (SSSR count). The van der Waals surface area contributed by atoms with E-state index in [4.69, 9.17) is 0 Å². The molecule has 1 N–H and O–H groups in total. The Balaban J connectivity index is 2.67. The molecule has 102 valence electrons. The molecule has 0 unspecified atom stereocenters. The lowest BCUT2D eigenvalue weighted by molar-refractivity contribution is 0.240. The Morgan fingerprint density at radius 1 is 1.06 bits per heavy atom. The predicted octanol–water partition coefficient (Wildman–Crippen LogP) is 4.27. The lowest BCUT2D eigenvalue weighted by Gasteiger charge is -2.33. The zero-order valence-electron chi connectivity index (χ0n) is 11.9. The van der Waals surface area contributed by atoms with Gasteiger partial charge in [0.2, 0.25) is 0 Å². The summed E-state index contributed by atoms with van der Waals surface area (Å²) in [4.78, 5) is 0. The minimum absolute atomic E-state index is 0.114. The van der Waals surface area contributed by atoms with E-state index >= 15 is 0 Å². The monoisotopic (exact) mass is 255 g/mol. The minimum atomic E-state index is -0.401. The average molecular weight is 255 g/mol. The summed E-state index contributed by atoms with van der Waals surface area (Å²) in [7, 11) is 0. The number of nitrogens with one attached hydrogen (secondary N) is 1. The zero-order chi connectivity index (χ0) is 14.0. The molecule has 0 bridgehead atoms. The first kappa shape index (κ1) is 15.1. The first-order chi connectivity index (χ1) is 8.09. The molecule has 1 nitrogen and oxygen atoms in total. The molecule has 0 aliphatic carbocycles. The summed E-state index contributed by atoms with van der Waals surface area (Å²) in [6.07, 6.45) is 0.955. The van der Waals surface area contributed by atoms with Crippen molar-refractivity contribution in [3.8, 4) is 0 Å². The van der Waals surface area contributed by atoms with Crippen molar-refractivity contribution in [2.24, 2.45) is 5.41 Å². The fraction of sp³-hybridized carbons (Fsp3) is 0.600. The molecular weight excluding hydrogens is 232 g/mol. The normalized spacial score (nSPS) is 12.8. The van der Waals surface area contributed by atoms with Crippen molar-refractivity contribution >= 4 is 0 Å². The van der Waals surface area contributed by atoms with Crippen LogP contribution in [0, 0.1) is 17.0 Å². The smallest absolute Gasteiger partial charge is 0.127 e. The molecule has 0 fully saturated rings. The van der Waals surface area contributed by atoms with Crippen LogP contribution >= 0.6 is 0 Å². The maximum absolute atomic E-state index is 13.5. The summed E-state index contributed by atoms with van der Waals surface area (Å²) >= 11 is 0. The molecule has 1 aromatic rings. The molecule has 3 heteroatoms. The third kappa shape index (κ3) is 5.13. The summed E-state index contributed by atoms with van der Waals surface area (Å²) in [5, 5.41) is 3.29. The molecule has 0 aliphatic rings. The molecule has 0 spiro atoms. The van der Waals surface area contributed by atoms with Crippen molar-refractivity contribution in [1.82, 2.24) is 5.32 Å². The van der Waals surface area contributed by atoms with Crippen molar-refractivity contribution in [2.75, 3.05) is 0 Å². The van der Waals surface area contributed by atoms with E-state index in [1.807, 2.05) is 0 Å². The summed E-state index contributed by atoms with van der Waals surface area (Å²) < 4.78 is 26.5. The van der Waals surface area contributed by atoms with Gasteiger partial charge in [-0.1, -0.05) is 20.8 Å². The summed E-state index contributed by atoms with van der Waals surface area (Å²) in [6.45, 7) is 11.0. The van der Waals surface area contributed by atoms with Gasteiger partial charge in [0.15, 0.2) is 0 Å². The Bertz CT molecular complexity index is 405. The highest BCUT2D eigenvalue weighted by Gasteiger charge is 2.25. The van der Waals surface area contributed by atoms with Gasteiger partial charge in [-0.2, -0.15) is 0 Å². The van der Waals surface area contributed by atoms with Gasteiger partial charge >= 0.3 is 0 Å². The second kappa shape index (κ2) is 5.35. The second-order valence-corrected chi connectivity index (χ2v) is 6.71. The van der Waals surface area contributed by atoms with Gasteiger partial charge in [-0.25, -0.2) is 8.78 Å². The lowest BCUT2D eigenvalue weighted by Crippen LogP contribution is -2.42. The average Bonchev–Trinajstić information content (AvgIpc) is 2.16. The number of hydrogen-bond acceptors (Lipinski definition) is 1. The van der Waals surface area contributed by atoms with Crippen LogP contribution in [0.25, 0.3) is 0 Å². The Morgan fingerprint density at radius 3 is 2.22 bits per heavy atom. The van der Waals surface area contributed by atoms with E-state index < -0.39 is 5.82 Å². The lowest BCUT2D eigenvalue weighted by atomic mass is 9.82. The van der Waals surface area contributed by atoms with E-state index in [1.54, 1.807) is 0 Å². The van der Waals surface area contributed by atoms with Gasteiger partial charge in [-0.3, -0.25) is 0 Å². The van der Waals surface area contributed by atoms with Crippen LogP contribution in [-0.4, -0.2) is 5.54 Å². The van der Waals surface area contributed by atoms with E-state index in [-0.39, 0.29) is 16.8 Å². The van der Waals surface area contributed by atoms with E-state index in [1.165, 1.54) is 12.1 Å². The number of halogens is 2. The summed E-state index contributed by atoms with van der Waals surface area (Å²) in [5.74, 6) is -0.766. The first-order valence-corrected chi connectivity index (χ1v) is 6.28. The van der Waals surface area contributed by atoms with Gasteiger partial charge in [0.1, 0.15) is 11.6 Å². The van der Waals surface area contributed by atoms with Crippen LogP contribution in [0.4, 0.5) is 8.78 Å². The standard InChI is InChI=1S/C15H23F2N/c1-14(2,3)10-15(4,5)18-9-11-8-12(16)6-7-13(11)17/h6-8,18H,9-10H2,1-5H3. The van der Waals surface area contributed by atoms with Gasteiger partial charge < -0.3 is 5.32 Å². The Kier molecular flexibility index (Phi) is 4.49. The van der Waals surface area contributed by atoms with Crippen LogP contribution in [0.15, 0.2) is 18.2 Å². The highest BCUT2D eigenvalue weighted by atomic mass is 19.1. The van der Waals surface area contributed by atoms with Gasteiger partial charge in [-0.05, 0) is 43.9 Å². The first-order valence-electron chi connectivity index (χ1n) is 6.28. The predicted molar refractivity (Wildman–Crippen MR) is 71.3 cm³/mol. The van der Waals surface area contributed by atoms with Gasteiger partial charge in [0, 0.05) is 17.6 Å². The van der Waals surface area contributed by atoms with Gasteiger partial charge in [-0.15, -0.1) is 0 Å². The van der Waals surface area contributed by atoms with E-state index in [0.717, 1.165) is 12.5 Å². The summed E-state index contributed by atoms with van der Waals surface area (Å²) in [6, 6.07) is 3.55. The molecule has 0 radical (unpaired) electrons. The highest BCUT2D eigenvalue weighted by molar-refractivity contribution is 5.18. The Morgan fingerprint density at radius 2 is 1.67 bits per heavy atom. The van der Waals surface area contributed by atoms with Gasteiger partial charge in [0.25, 0.3) is 0 Å². The van der Waals surface area contributed by atoms with Crippen LogP contribution < -0.4 is 5.32 Å². The fourth-order valence-electron chi connectivity index (χ4n) is 2.40. The van der Waals surface area contributed by atoms with Crippen molar-refractivity contribution in [3.05, 3.63) is 35.4 Å². The fourth-order valence-corrected chi connectivity index (χ4v) is 2.40. The van der Waals surface area contributed by atoms with Crippen molar-refractivity contribution in [1.29, 1.82) is 0 Å². The third-order valence-corrected chi connectivity index (χ3v) is 2.74. The molecule has 1 aromatic carbocycles. The SMILES string of the molecule is CC(C)(C)CC(C)(C)NCc1cc(F)ccc1F. The topological polar surface area (TPSA) is 12.0 Å². The van der Waals surface area contributed by atoms with Crippen LogP contribution in [0.3, 0.4) is 0 Å². The molecule has 0 aliphatic heterocycles.